The van der Waals surface area contributed by atoms with Gasteiger partial charge >= 0.3 is 0 Å². The molecule has 0 spiro atoms. The van der Waals surface area contributed by atoms with Gasteiger partial charge in [0.25, 0.3) is 0 Å². The molecule has 2 aliphatic heterocycles. The maximum absolute atomic E-state index is 13.9. The van der Waals surface area contributed by atoms with Crippen LogP contribution in [-0.2, 0) is 4.57 Å². The van der Waals surface area contributed by atoms with Gasteiger partial charge in [-0.1, -0.05) is 39.0 Å². The van der Waals surface area contributed by atoms with E-state index in [0.717, 1.165) is 32.6 Å². The van der Waals surface area contributed by atoms with Crippen molar-refractivity contribution in [3.8, 4) is 0 Å². The molecule has 22 heavy (non-hydrogen) atoms. The molecule has 1 unspecified atom stereocenters. The van der Waals surface area contributed by atoms with Crippen LogP contribution in [0.2, 0.25) is 0 Å². The minimum Gasteiger partial charge on any atom is -0.289 e. The Balaban J connectivity index is 2.01. The molecular weight excluding hydrogens is 315 g/mol. The predicted octanol–water partition coefficient (Wildman–Crippen LogP) is 5.34. The number of hydrogen-bond donors (Lipinski definition) is 0. The monoisotopic (exact) mass is 348 g/mol. The molecule has 3 nitrogen and oxygen atoms in total. The van der Waals surface area contributed by atoms with Gasteiger partial charge in [-0.3, -0.25) is 4.57 Å². The lowest BCUT2D eigenvalue weighted by atomic mass is 10.2. The summed E-state index contributed by atoms with van der Waals surface area (Å²) in [6.45, 7) is 6.24. The molecule has 0 aromatic rings. The summed E-state index contributed by atoms with van der Waals surface area (Å²) in [5.74, 6) is 0. The van der Waals surface area contributed by atoms with Crippen molar-refractivity contribution in [2.45, 2.75) is 76.5 Å². The van der Waals surface area contributed by atoms with Crippen molar-refractivity contribution in [1.82, 2.24) is 9.34 Å². The fourth-order valence-corrected chi connectivity index (χ4v) is 7.78. The van der Waals surface area contributed by atoms with Gasteiger partial charge in [-0.15, -0.1) is 11.6 Å². The standard InChI is InChI=1S/C17H34ClN2OP/c1-2-3-6-11-17(18)16-22(21,19-12-7-4-8-13-19)20-14-9-5-10-15-20/h17H,2-16H2,1H3. The maximum atomic E-state index is 13.9. The molecule has 0 N–H and O–H groups in total. The lowest BCUT2D eigenvalue weighted by Gasteiger charge is -2.43. The molecule has 0 radical (unpaired) electrons. The van der Waals surface area contributed by atoms with Gasteiger partial charge in [0.05, 0.1) is 0 Å². The molecule has 0 aromatic heterocycles. The molecule has 0 bridgehead atoms. The third-order valence-electron chi connectivity index (χ3n) is 5.11. The van der Waals surface area contributed by atoms with Crippen LogP contribution in [0.3, 0.4) is 0 Å². The van der Waals surface area contributed by atoms with Gasteiger partial charge in [-0.2, -0.15) is 0 Å². The van der Waals surface area contributed by atoms with E-state index in [-0.39, 0.29) is 5.38 Å². The summed E-state index contributed by atoms with van der Waals surface area (Å²) in [5.41, 5.74) is 0. The highest BCUT2D eigenvalue weighted by Crippen LogP contribution is 2.56. The zero-order valence-corrected chi connectivity index (χ0v) is 16.0. The SMILES string of the molecule is CCCCCC(Cl)CP(=O)(N1CCCCC1)N1CCCCC1. The number of rotatable bonds is 8. The fourth-order valence-electron chi connectivity index (χ4n) is 3.75. The fraction of sp³-hybridized carbons (Fsp3) is 1.00. The maximum Gasteiger partial charge on any atom is 0.217 e. The average molecular weight is 349 g/mol. The summed E-state index contributed by atoms with van der Waals surface area (Å²) in [6, 6.07) is 0. The third kappa shape index (κ3) is 5.23. The van der Waals surface area contributed by atoms with Crippen LogP contribution in [0.4, 0.5) is 0 Å². The van der Waals surface area contributed by atoms with Gasteiger partial charge in [-0.05, 0) is 32.1 Å². The molecule has 1 atom stereocenters. The van der Waals surface area contributed by atoms with Crippen LogP contribution < -0.4 is 0 Å². The topological polar surface area (TPSA) is 23.6 Å². The molecular formula is C17H34ClN2OP. The summed E-state index contributed by atoms with van der Waals surface area (Å²) in [6.07, 6.45) is 12.7. The molecule has 0 amide bonds. The van der Waals surface area contributed by atoms with Crippen LogP contribution in [0.5, 0.6) is 0 Å². The van der Waals surface area contributed by atoms with Crippen molar-refractivity contribution in [1.29, 1.82) is 0 Å². The molecule has 2 aliphatic rings. The van der Waals surface area contributed by atoms with Crippen LogP contribution >= 0.6 is 19.0 Å². The van der Waals surface area contributed by atoms with Crippen LogP contribution in [0.15, 0.2) is 0 Å². The zero-order chi connectivity index (χ0) is 15.8. The molecule has 5 heteroatoms. The summed E-state index contributed by atoms with van der Waals surface area (Å²) in [4.78, 5) is 0. The number of piperidine rings is 2. The first-order valence-corrected chi connectivity index (χ1v) is 11.6. The van der Waals surface area contributed by atoms with Gasteiger partial charge in [-0.25, -0.2) is 9.34 Å². The van der Waals surface area contributed by atoms with Crippen LogP contribution in [-0.4, -0.2) is 47.1 Å². The summed E-state index contributed by atoms with van der Waals surface area (Å²) < 4.78 is 18.6. The summed E-state index contributed by atoms with van der Waals surface area (Å²) in [7, 11) is -2.44. The molecule has 0 aromatic carbocycles. The van der Waals surface area contributed by atoms with Crippen LogP contribution in [0.1, 0.15) is 71.1 Å². The van der Waals surface area contributed by atoms with E-state index in [1.807, 2.05) is 0 Å². The van der Waals surface area contributed by atoms with Crippen molar-refractivity contribution in [2.75, 3.05) is 32.3 Å². The van der Waals surface area contributed by atoms with E-state index < -0.39 is 7.44 Å². The Morgan fingerprint density at radius 1 is 0.909 bits per heavy atom. The summed E-state index contributed by atoms with van der Waals surface area (Å²) in [5, 5.41) is 0.0706. The second-order valence-electron chi connectivity index (χ2n) is 6.97. The first kappa shape index (κ1) is 18.8. The molecule has 2 heterocycles. The average Bonchev–Trinajstić information content (AvgIpc) is 2.56. The molecule has 130 valence electrons. The third-order valence-corrected chi connectivity index (χ3v) is 9.18. The largest absolute Gasteiger partial charge is 0.289 e. The Kier molecular flexibility index (Phi) is 8.25. The van der Waals surface area contributed by atoms with Crippen LogP contribution in [0.25, 0.3) is 0 Å². The number of alkyl halides is 1. The number of hydrogen-bond acceptors (Lipinski definition) is 1. The van der Waals surface area contributed by atoms with E-state index in [2.05, 4.69) is 16.3 Å². The van der Waals surface area contributed by atoms with Gasteiger partial charge in [0.15, 0.2) is 0 Å². The first-order valence-electron chi connectivity index (χ1n) is 9.41. The Morgan fingerprint density at radius 3 is 1.86 bits per heavy atom. The Morgan fingerprint density at radius 2 is 1.41 bits per heavy atom. The van der Waals surface area contributed by atoms with E-state index in [9.17, 15) is 4.57 Å². The second kappa shape index (κ2) is 9.67. The Bertz CT molecular complexity index is 333. The quantitative estimate of drug-likeness (QED) is 0.336. The van der Waals surface area contributed by atoms with Crippen molar-refractivity contribution in [3.63, 3.8) is 0 Å². The molecule has 2 fully saturated rings. The van der Waals surface area contributed by atoms with Gasteiger partial charge in [0, 0.05) is 37.7 Å². The minimum absolute atomic E-state index is 0.0706. The lowest BCUT2D eigenvalue weighted by molar-refractivity contribution is 0.275. The Hall–Kier alpha value is 0.440. The minimum atomic E-state index is -2.44. The van der Waals surface area contributed by atoms with Gasteiger partial charge in [0.2, 0.25) is 7.44 Å². The van der Waals surface area contributed by atoms with Gasteiger partial charge in [0.1, 0.15) is 0 Å². The second-order valence-corrected chi connectivity index (χ2v) is 10.4. The lowest BCUT2D eigenvalue weighted by Crippen LogP contribution is -2.40. The number of halogens is 1. The molecule has 2 rings (SSSR count). The molecule has 2 saturated heterocycles. The smallest absolute Gasteiger partial charge is 0.217 e. The first-order chi connectivity index (χ1) is 10.7. The van der Waals surface area contributed by atoms with Gasteiger partial charge < -0.3 is 0 Å². The highest BCUT2D eigenvalue weighted by molar-refractivity contribution is 7.59. The van der Waals surface area contributed by atoms with E-state index in [1.165, 1.54) is 57.8 Å². The molecule has 0 saturated carbocycles. The highest BCUT2D eigenvalue weighted by atomic mass is 35.5. The zero-order valence-electron chi connectivity index (χ0n) is 14.3. The van der Waals surface area contributed by atoms with E-state index >= 15 is 0 Å². The highest BCUT2D eigenvalue weighted by Gasteiger charge is 2.39. The van der Waals surface area contributed by atoms with Crippen molar-refractivity contribution in [3.05, 3.63) is 0 Å². The van der Waals surface area contributed by atoms with Crippen molar-refractivity contribution >= 4 is 19.0 Å². The molecule has 0 aliphatic carbocycles. The number of nitrogens with zero attached hydrogens (tertiary/aromatic N) is 2. The number of unbranched alkanes of at least 4 members (excludes halogenated alkanes) is 2. The summed E-state index contributed by atoms with van der Waals surface area (Å²) >= 11 is 6.61. The van der Waals surface area contributed by atoms with Crippen molar-refractivity contribution < 1.29 is 4.57 Å². The van der Waals surface area contributed by atoms with E-state index in [4.69, 9.17) is 11.6 Å². The Labute approximate surface area is 142 Å². The van der Waals surface area contributed by atoms with E-state index in [1.54, 1.807) is 0 Å². The normalized spacial score (nSPS) is 23.5. The predicted molar refractivity (Wildman–Crippen MR) is 97.1 cm³/mol. The van der Waals surface area contributed by atoms with Crippen LogP contribution in [0, 0.1) is 0 Å². The van der Waals surface area contributed by atoms with Crippen molar-refractivity contribution in [2.24, 2.45) is 0 Å². The van der Waals surface area contributed by atoms with E-state index in [0.29, 0.717) is 6.16 Å².